The number of carbonyl (C=O) groups excluding carboxylic acids is 1. The van der Waals surface area contributed by atoms with Crippen molar-refractivity contribution in [1.82, 2.24) is 15.1 Å². The molecule has 106 valence electrons. The molecule has 20 heavy (non-hydrogen) atoms. The third-order valence-electron chi connectivity index (χ3n) is 3.88. The van der Waals surface area contributed by atoms with E-state index in [-0.39, 0.29) is 5.91 Å². The number of aromatic nitrogens is 2. The van der Waals surface area contributed by atoms with Crippen LogP contribution in [0.5, 0.6) is 5.75 Å². The van der Waals surface area contributed by atoms with E-state index in [1.807, 2.05) is 23.1 Å². The number of methoxy groups -OCH3 is 1. The average Bonchev–Trinajstić information content (AvgIpc) is 2.90. The van der Waals surface area contributed by atoms with E-state index >= 15 is 0 Å². The Kier molecular flexibility index (Phi) is 3.58. The first kappa shape index (κ1) is 13.0. The summed E-state index contributed by atoms with van der Waals surface area (Å²) in [7, 11) is 1.64. The Bertz CT molecular complexity index is 615. The molecule has 5 nitrogen and oxygen atoms in total. The van der Waals surface area contributed by atoms with Gasteiger partial charge in [-0.1, -0.05) is 0 Å². The third-order valence-corrected chi connectivity index (χ3v) is 3.88. The van der Waals surface area contributed by atoms with Crippen LogP contribution in [0, 0.1) is 0 Å². The van der Waals surface area contributed by atoms with E-state index in [1.165, 1.54) is 6.42 Å². The molecule has 3 rings (SSSR count). The molecule has 1 aliphatic rings. The summed E-state index contributed by atoms with van der Waals surface area (Å²) in [5.41, 5.74) is 1.74. The summed E-state index contributed by atoms with van der Waals surface area (Å²) in [4.78, 5) is 14.3. The number of amides is 1. The minimum Gasteiger partial charge on any atom is -0.497 e. The van der Waals surface area contributed by atoms with Gasteiger partial charge in [0.2, 0.25) is 5.91 Å². The van der Waals surface area contributed by atoms with Gasteiger partial charge in [0.1, 0.15) is 5.75 Å². The van der Waals surface area contributed by atoms with Crippen LogP contribution >= 0.6 is 0 Å². The number of hydrogen-bond donors (Lipinski definition) is 1. The van der Waals surface area contributed by atoms with Gasteiger partial charge in [-0.3, -0.25) is 9.89 Å². The lowest BCUT2D eigenvalue weighted by atomic mass is 10.1. The number of ether oxygens (including phenoxy) is 1. The Hall–Kier alpha value is -2.04. The largest absolute Gasteiger partial charge is 0.497 e. The molecule has 1 aromatic heterocycles. The third kappa shape index (κ3) is 2.48. The molecule has 0 unspecified atom stereocenters. The normalized spacial score (nSPS) is 15.6. The first-order valence-electron chi connectivity index (χ1n) is 7.06. The van der Waals surface area contributed by atoms with Crippen LogP contribution in [0.1, 0.15) is 25.0 Å². The number of H-pyrrole nitrogens is 1. The number of carbonyl (C=O) groups is 1. The maximum atomic E-state index is 12.3. The number of benzene rings is 1. The number of fused-ring (bicyclic) bond motifs is 1. The maximum Gasteiger partial charge on any atom is 0.228 e. The summed E-state index contributed by atoms with van der Waals surface area (Å²) < 4.78 is 5.23. The van der Waals surface area contributed by atoms with Gasteiger partial charge in [0.05, 0.1) is 24.7 Å². The Morgan fingerprint density at radius 2 is 2.15 bits per heavy atom. The zero-order valence-electron chi connectivity index (χ0n) is 11.7. The van der Waals surface area contributed by atoms with E-state index in [4.69, 9.17) is 4.74 Å². The molecule has 1 aliphatic heterocycles. The smallest absolute Gasteiger partial charge is 0.228 e. The molecular formula is C15H19N3O2. The highest BCUT2D eigenvalue weighted by molar-refractivity contribution is 5.88. The second-order valence-electron chi connectivity index (χ2n) is 5.20. The minimum atomic E-state index is 0.179. The van der Waals surface area contributed by atoms with E-state index in [0.29, 0.717) is 6.42 Å². The van der Waals surface area contributed by atoms with Crippen LogP contribution in [0.3, 0.4) is 0 Å². The summed E-state index contributed by atoms with van der Waals surface area (Å²) >= 11 is 0. The highest BCUT2D eigenvalue weighted by atomic mass is 16.5. The van der Waals surface area contributed by atoms with Gasteiger partial charge in [0.15, 0.2) is 0 Å². The lowest BCUT2D eigenvalue weighted by Crippen LogP contribution is -2.36. The first-order chi connectivity index (χ1) is 9.78. The molecule has 1 fully saturated rings. The van der Waals surface area contributed by atoms with Gasteiger partial charge in [-0.15, -0.1) is 0 Å². The zero-order valence-corrected chi connectivity index (χ0v) is 11.7. The average molecular weight is 273 g/mol. The molecule has 2 heterocycles. The lowest BCUT2D eigenvalue weighted by Gasteiger charge is -2.26. The Morgan fingerprint density at radius 3 is 2.90 bits per heavy atom. The van der Waals surface area contributed by atoms with E-state index < -0.39 is 0 Å². The van der Waals surface area contributed by atoms with E-state index in [1.54, 1.807) is 7.11 Å². The Morgan fingerprint density at radius 1 is 1.35 bits per heavy atom. The number of nitrogens with one attached hydrogen (secondary N) is 1. The van der Waals surface area contributed by atoms with Gasteiger partial charge in [-0.25, -0.2) is 0 Å². The van der Waals surface area contributed by atoms with Crippen molar-refractivity contribution in [3.63, 3.8) is 0 Å². The van der Waals surface area contributed by atoms with Crippen LogP contribution in [-0.4, -0.2) is 41.2 Å². The van der Waals surface area contributed by atoms with Gasteiger partial charge in [-0.05, 0) is 37.5 Å². The van der Waals surface area contributed by atoms with Crippen molar-refractivity contribution in [3.8, 4) is 5.75 Å². The van der Waals surface area contributed by atoms with Crippen LogP contribution in [0.25, 0.3) is 10.9 Å². The second kappa shape index (κ2) is 5.53. The summed E-state index contributed by atoms with van der Waals surface area (Å²) in [6.07, 6.45) is 3.84. The topological polar surface area (TPSA) is 58.2 Å². The van der Waals surface area contributed by atoms with Gasteiger partial charge in [-0.2, -0.15) is 5.10 Å². The molecule has 0 atom stereocenters. The molecular weight excluding hydrogens is 254 g/mol. The van der Waals surface area contributed by atoms with Crippen molar-refractivity contribution in [1.29, 1.82) is 0 Å². The molecule has 0 radical (unpaired) electrons. The quantitative estimate of drug-likeness (QED) is 0.932. The zero-order chi connectivity index (χ0) is 13.9. The SMILES string of the molecule is COc1ccc2n[nH]c(CC(=O)N3CCCCC3)c2c1. The summed E-state index contributed by atoms with van der Waals surface area (Å²) in [5.74, 6) is 0.962. The first-order valence-corrected chi connectivity index (χ1v) is 7.06. The van der Waals surface area contributed by atoms with E-state index in [2.05, 4.69) is 10.2 Å². The molecule has 0 saturated carbocycles. The molecule has 1 aromatic carbocycles. The lowest BCUT2D eigenvalue weighted by molar-refractivity contribution is -0.131. The number of aromatic amines is 1. The standard InChI is InChI=1S/C15H19N3O2/c1-20-11-5-6-13-12(9-11)14(17-16-13)10-15(19)18-7-3-2-4-8-18/h5-6,9H,2-4,7-8,10H2,1H3,(H,16,17). The van der Waals surface area contributed by atoms with Crippen molar-refractivity contribution < 1.29 is 9.53 Å². The van der Waals surface area contributed by atoms with E-state index in [0.717, 1.165) is 48.3 Å². The Balaban J connectivity index is 1.81. The van der Waals surface area contributed by atoms with Crippen molar-refractivity contribution in [2.75, 3.05) is 20.2 Å². The van der Waals surface area contributed by atoms with Crippen molar-refractivity contribution in [3.05, 3.63) is 23.9 Å². The number of nitrogens with zero attached hydrogens (tertiary/aromatic N) is 2. The Labute approximate surface area is 117 Å². The molecule has 0 aliphatic carbocycles. The molecule has 1 saturated heterocycles. The van der Waals surface area contributed by atoms with Crippen LogP contribution < -0.4 is 4.74 Å². The fourth-order valence-corrected chi connectivity index (χ4v) is 2.71. The monoisotopic (exact) mass is 273 g/mol. The molecule has 2 aromatic rings. The number of rotatable bonds is 3. The highest BCUT2D eigenvalue weighted by Crippen LogP contribution is 2.23. The van der Waals surface area contributed by atoms with Crippen molar-refractivity contribution >= 4 is 16.8 Å². The van der Waals surface area contributed by atoms with E-state index in [9.17, 15) is 4.79 Å². The molecule has 0 spiro atoms. The highest BCUT2D eigenvalue weighted by Gasteiger charge is 2.18. The van der Waals surface area contributed by atoms with Crippen molar-refractivity contribution in [2.24, 2.45) is 0 Å². The van der Waals surface area contributed by atoms with Crippen LogP contribution in [0.4, 0.5) is 0 Å². The predicted octanol–water partition coefficient (Wildman–Crippen LogP) is 2.13. The maximum absolute atomic E-state index is 12.3. The summed E-state index contributed by atoms with van der Waals surface area (Å²) in [6, 6.07) is 5.70. The van der Waals surface area contributed by atoms with Gasteiger partial charge in [0, 0.05) is 18.5 Å². The van der Waals surface area contributed by atoms with Gasteiger partial charge >= 0.3 is 0 Å². The van der Waals surface area contributed by atoms with Crippen LogP contribution in [-0.2, 0) is 11.2 Å². The fourth-order valence-electron chi connectivity index (χ4n) is 2.71. The molecule has 0 bridgehead atoms. The fraction of sp³-hybridized carbons (Fsp3) is 0.467. The number of piperidine rings is 1. The number of likely N-dealkylation sites (tertiary alicyclic amines) is 1. The van der Waals surface area contributed by atoms with Gasteiger partial charge in [0.25, 0.3) is 0 Å². The van der Waals surface area contributed by atoms with Crippen LogP contribution in [0.15, 0.2) is 18.2 Å². The second-order valence-corrected chi connectivity index (χ2v) is 5.20. The number of hydrogen-bond acceptors (Lipinski definition) is 3. The molecule has 5 heteroatoms. The molecule has 1 N–H and O–H groups in total. The predicted molar refractivity (Wildman–Crippen MR) is 76.8 cm³/mol. The summed E-state index contributed by atoms with van der Waals surface area (Å²) in [6.45, 7) is 1.77. The van der Waals surface area contributed by atoms with Crippen LogP contribution in [0.2, 0.25) is 0 Å². The minimum absolute atomic E-state index is 0.179. The summed E-state index contributed by atoms with van der Waals surface area (Å²) in [5, 5.41) is 8.19. The molecule has 1 amide bonds. The van der Waals surface area contributed by atoms with Crippen molar-refractivity contribution in [2.45, 2.75) is 25.7 Å². The van der Waals surface area contributed by atoms with Gasteiger partial charge < -0.3 is 9.64 Å².